The Labute approximate surface area is 102 Å². The topological polar surface area (TPSA) is 48.0 Å². The summed E-state index contributed by atoms with van der Waals surface area (Å²) in [5.74, 6) is -1.81. The smallest absolute Gasteiger partial charge is 0.181 e. The zero-order valence-electron chi connectivity index (χ0n) is 9.51. The molecule has 3 nitrogen and oxygen atoms in total. The predicted molar refractivity (Wildman–Crippen MR) is 64.0 cm³/mol. The van der Waals surface area contributed by atoms with Crippen LogP contribution in [0.1, 0.15) is 11.6 Å². The molecular formula is C13H12F2N2O. The fourth-order valence-electron chi connectivity index (χ4n) is 1.64. The standard InChI is InChI=1S/C13H12F2N2O/c14-11-2-1-9(7-12(11)15)13(16)8-17-5-3-10(18)4-6-17/h1-7,13H,8,16H2. The summed E-state index contributed by atoms with van der Waals surface area (Å²) in [4.78, 5) is 10.9. The second-order valence-corrected chi connectivity index (χ2v) is 4.01. The van der Waals surface area contributed by atoms with E-state index >= 15 is 0 Å². The normalized spacial score (nSPS) is 12.4. The van der Waals surface area contributed by atoms with Gasteiger partial charge in [-0.3, -0.25) is 4.79 Å². The third-order valence-electron chi connectivity index (χ3n) is 2.64. The SMILES string of the molecule is NC(Cn1ccc(=O)cc1)c1ccc(F)c(F)c1. The molecule has 1 unspecified atom stereocenters. The van der Waals surface area contributed by atoms with Crippen LogP contribution in [0.15, 0.2) is 47.5 Å². The highest BCUT2D eigenvalue weighted by Gasteiger charge is 2.09. The van der Waals surface area contributed by atoms with E-state index in [9.17, 15) is 13.6 Å². The molecule has 2 aromatic rings. The second kappa shape index (κ2) is 5.10. The lowest BCUT2D eigenvalue weighted by atomic mass is 10.1. The van der Waals surface area contributed by atoms with E-state index in [2.05, 4.69) is 0 Å². The van der Waals surface area contributed by atoms with Gasteiger partial charge in [-0.1, -0.05) is 6.07 Å². The summed E-state index contributed by atoms with van der Waals surface area (Å²) in [5, 5.41) is 0. The fourth-order valence-corrected chi connectivity index (χ4v) is 1.64. The first-order valence-corrected chi connectivity index (χ1v) is 5.43. The summed E-state index contributed by atoms with van der Waals surface area (Å²) in [6.45, 7) is 0.380. The molecule has 1 aromatic heterocycles. The van der Waals surface area contributed by atoms with Crippen LogP contribution in [0, 0.1) is 11.6 Å². The van der Waals surface area contributed by atoms with Crippen LogP contribution in [0.25, 0.3) is 0 Å². The Kier molecular flexibility index (Phi) is 3.53. The van der Waals surface area contributed by atoms with Gasteiger partial charge in [-0.2, -0.15) is 0 Å². The summed E-state index contributed by atoms with van der Waals surface area (Å²) in [7, 11) is 0. The first kappa shape index (κ1) is 12.4. The molecule has 0 radical (unpaired) electrons. The van der Waals surface area contributed by atoms with Crippen molar-refractivity contribution in [3.63, 3.8) is 0 Å². The number of hydrogen-bond acceptors (Lipinski definition) is 2. The molecule has 0 saturated carbocycles. The van der Waals surface area contributed by atoms with E-state index < -0.39 is 17.7 Å². The van der Waals surface area contributed by atoms with Crippen LogP contribution in [0.2, 0.25) is 0 Å². The lowest BCUT2D eigenvalue weighted by molar-refractivity contribution is 0.501. The van der Waals surface area contributed by atoms with Crippen molar-refractivity contribution in [2.24, 2.45) is 5.73 Å². The second-order valence-electron chi connectivity index (χ2n) is 4.01. The molecule has 0 spiro atoms. The first-order valence-electron chi connectivity index (χ1n) is 5.43. The number of nitrogens with two attached hydrogens (primary N) is 1. The monoisotopic (exact) mass is 250 g/mol. The lowest BCUT2D eigenvalue weighted by Crippen LogP contribution is -2.18. The van der Waals surface area contributed by atoms with Gasteiger partial charge in [-0.05, 0) is 17.7 Å². The van der Waals surface area contributed by atoms with Crippen LogP contribution in [0.5, 0.6) is 0 Å². The summed E-state index contributed by atoms with van der Waals surface area (Å²) >= 11 is 0. The van der Waals surface area contributed by atoms with Crippen molar-refractivity contribution in [1.29, 1.82) is 0 Å². The molecule has 1 atom stereocenters. The van der Waals surface area contributed by atoms with Gasteiger partial charge < -0.3 is 10.3 Å². The minimum absolute atomic E-state index is 0.0901. The van der Waals surface area contributed by atoms with Crippen molar-refractivity contribution in [1.82, 2.24) is 4.57 Å². The molecular weight excluding hydrogens is 238 g/mol. The Balaban J connectivity index is 2.16. The molecule has 1 aromatic carbocycles. The lowest BCUT2D eigenvalue weighted by Gasteiger charge is -2.14. The number of rotatable bonds is 3. The van der Waals surface area contributed by atoms with Crippen LogP contribution in [-0.2, 0) is 6.54 Å². The fraction of sp³-hybridized carbons (Fsp3) is 0.154. The molecule has 18 heavy (non-hydrogen) atoms. The van der Waals surface area contributed by atoms with Gasteiger partial charge in [0.15, 0.2) is 17.1 Å². The summed E-state index contributed by atoms with van der Waals surface area (Å²) in [6, 6.07) is 5.95. The van der Waals surface area contributed by atoms with Crippen molar-refractivity contribution in [2.75, 3.05) is 0 Å². The molecule has 0 saturated heterocycles. The Bertz CT molecular complexity index is 590. The maximum atomic E-state index is 13.1. The van der Waals surface area contributed by atoms with Crippen molar-refractivity contribution < 1.29 is 8.78 Å². The number of nitrogens with zero attached hydrogens (tertiary/aromatic N) is 1. The van der Waals surface area contributed by atoms with Gasteiger partial charge in [0.25, 0.3) is 0 Å². The average molecular weight is 250 g/mol. The van der Waals surface area contributed by atoms with Crippen LogP contribution < -0.4 is 11.2 Å². The summed E-state index contributed by atoms with van der Waals surface area (Å²) in [6.07, 6.45) is 3.20. The van der Waals surface area contributed by atoms with E-state index in [1.165, 1.54) is 18.2 Å². The maximum Gasteiger partial charge on any atom is 0.181 e. The molecule has 0 amide bonds. The van der Waals surface area contributed by atoms with Crippen LogP contribution in [0.4, 0.5) is 8.78 Å². The zero-order valence-corrected chi connectivity index (χ0v) is 9.51. The van der Waals surface area contributed by atoms with Crippen LogP contribution in [-0.4, -0.2) is 4.57 Å². The quantitative estimate of drug-likeness (QED) is 0.903. The van der Waals surface area contributed by atoms with Gasteiger partial charge in [-0.25, -0.2) is 8.78 Å². The average Bonchev–Trinajstić information content (AvgIpc) is 2.35. The van der Waals surface area contributed by atoms with Crippen LogP contribution >= 0.6 is 0 Å². The molecule has 0 fully saturated rings. The molecule has 2 rings (SSSR count). The highest BCUT2D eigenvalue weighted by molar-refractivity contribution is 5.21. The molecule has 2 N–H and O–H groups in total. The molecule has 5 heteroatoms. The van der Waals surface area contributed by atoms with E-state index in [0.29, 0.717) is 12.1 Å². The Morgan fingerprint density at radius 2 is 1.78 bits per heavy atom. The number of halogens is 2. The van der Waals surface area contributed by atoms with Gasteiger partial charge in [0.05, 0.1) is 0 Å². The third-order valence-corrected chi connectivity index (χ3v) is 2.64. The van der Waals surface area contributed by atoms with Crippen molar-refractivity contribution >= 4 is 0 Å². The van der Waals surface area contributed by atoms with Crippen molar-refractivity contribution in [3.05, 3.63) is 70.1 Å². The Morgan fingerprint density at radius 1 is 1.11 bits per heavy atom. The molecule has 1 heterocycles. The Hall–Kier alpha value is -2.01. The summed E-state index contributed by atoms with van der Waals surface area (Å²) in [5.41, 5.74) is 6.31. The number of aromatic nitrogens is 1. The minimum atomic E-state index is -0.914. The Morgan fingerprint density at radius 3 is 2.39 bits per heavy atom. The third kappa shape index (κ3) is 2.81. The van der Waals surface area contributed by atoms with Gasteiger partial charge in [0.1, 0.15) is 0 Å². The number of pyridine rings is 1. The first-order chi connectivity index (χ1) is 8.56. The van der Waals surface area contributed by atoms with E-state index in [1.807, 2.05) is 0 Å². The number of hydrogen-bond donors (Lipinski definition) is 1. The highest BCUT2D eigenvalue weighted by atomic mass is 19.2. The molecule has 0 aliphatic carbocycles. The molecule has 94 valence electrons. The summed E-state index contributed by atoms with van der Waals surface area (Å²) < 4.78 is 27.5. The van der Waals surface area contributed by atoms with Gasteiger partial charge in [0.2, 0.25) is 0 Å². The van der Waals surface area contributed by atoms with E-state index in [4.69, 9.17) is 5.73 Å². The molecule has 0 aliphatic heterocycles. The highest BCUT2D eigenvalue weighted by Crippen LogP contribution is 2.15. The minimum Gasteiger partial charge on any atom is -0.352 e. The van der Waals surface area contributed by atoms with E-state index in [1.54, 1.807) is 17.0 Å². The van der Waals surface area contributed by atoms with E-state index in [-0.39, 0.29) is 5.43 Å². The number of benzene rings is 1. The predicted octanol–water partition coefficient (Wildman–Crippen LogP) is 1.83. The van der Waals surface area contributed by atoms with Gasteiger partial charge >= 0.3 is 0 Å². The van der Waals surface area contributed by atoms with Gasteiger partial charge in [-0.15, -0.1) is 0 Å². The largest absolute Gasteiger partial charge is 0.352 e. The molecule has 0 bridgehead atoms. The van der Waals surface area contributed by atoms with Crippen LogP contribution in [0.3, 0.4) is 0 Å². The van der Waals surface area contributed by atoms with Crippen molar-refractivity contribution in [3.8, 4) is 0 Å². The maximum absolute atomic E-state index is 13.1. The molecule has 0 aliphatic rings. The zero-order chi connectivity index (χ0) is 13.1. The van der Waals surface area contributed by atoms with Crippen molar-refractivity contribution in [2.45, 2.75) is 12.6 Å². The van der Waals surface area contributed by atoms with Gasteiger partial charge in [0, 0.05) is 37.1 Å². The van der Waals surface area contributed by atoms with E-state index in [0.717, 1.165) is 12.1 Å².